The summed E-state index contributed by atoms with van der Waals surface area (Å²) in [6, 6.07) is 5.39. The van der Waals surface area contributed by atoms with Gasteiger partial charge in [0.25, 0.3) is 5.91 Å². The first-order valence-electron chi connectivity index (χ1n) is 7.28. The van der Waals surface area contributed by atoms with Crippen molar-refractivity contribution in [2.24, 2.45) is 0 Å². The van der Waals surface area contributed by atoms with Gasteiger partial charge >= 0.3 is 0 Å². The number of phenols is 1. The SMILES string of the molecule is Cc1c(O)cccc1C(=O)NC1CCCCCCC1. The first kappa shape index (κ1) is 13.9. The van der Waals surface area contributed by atoms with E-state index in [1.54, 1.807) is 25.1 Å². The minimum atomic E-state index is -0.0565. The summed E-state index contributed by atoms with van der Waals surface area (Å²) in [5, 5.41) is 12.8. The van der Waals surface area contributed by atoms with E-state index in [0.717, 1.165) is 12.8 Å². The van der Waals surface area contributed by atoms with E-state index < -0.39 is 0 Å². The number of amides is 1. The summed E-state index contributed by atoms with van der Waals surface area (Å²) >= 11 is 0. The van der Waals surface area contributed by atoms with Gasteiger partial charge in [0.2, 0.25) is 0 Å². The van der Waals surface area contributed by atoms with Gasteiger partial charge in [-0.1, -0.05) is 38.2 Å². The number of carbonyl (C=O) groups is 1. The number of carbonyl (C=O) groups excluding carboxylic acids is 1. The Morgan fingerprint density at radius 1 is 1.16 bits per heavy atom. The molecule has 1 aliphatic carbocycles. The van der Waals surface area contributed by atoms with E-state index in [4.69, 9.17) is 0 Å². The Balaban J connectivity index is 2.01. The van der Waals surface area contributed by atoms with Crippen molar-refractivity contribution in [1.29, 1.82) is 0 Å². The quantitative estimate of drug-likeness (QED) is 0.855. The lowest BCUT2D eigenvalue weighted by Gasteiger charge is -2.21. The molecule has 2 rings (SSSR count). The third-order valence-corrected chi connectivity index (χ3v) is 3.99. The van der Waals surface area contributed by atoms with Gasteiger partial charge < -0.3 is 10.4 Å². The van der Waals surface area contributed by atoms with E-state index in [9.17, 15) is 9.90 Å². The van der Waals surface area contributed by atoms with Crippen LogP contribution in [0.4, 0.5) is 0 Å². The molecule has 1 aromatic rings. The normalized spacial score (nSPS) is 17.5. The fourth-order valence-electron chi connectivity index (χ4n) is 2.73. The Hall–Kier alpha value is -1.51. The summed E-state index contributed by atoms with van der Waals surface area (Å²) < 4.78 is 0. The van der Waals surface area contributed by atoms with Crippen LogP contribution in [-0.4, -0.2) is 17.1 Å². The molecule has 0 atom stereocenters. The highest BCUT2D eigenvalue weighted by Gasteiger charge is 2.17. The third kappa shape index (κ3) is 3.72. The fourth-order valence-corrected chi connectivity index (χ4v) is 2.73. The monoisotopic (exact) mass is 261 g/mol. The Bertz CT molecular complexity index is 434. The van der Waals surface area contributed by atoms with E-state index >= 15 is 0 Å². The smallest absolute Gasteiger partial charge is 0.251 e. The zero-order valence-electron chi connectivity index (χ0n) is 11.6. The predicted molar refractivity (Wildman–Crippen MR) is 76.4 cm³/mol. The van der Waals surface area contributed by atoms with Crippen molar-refractivity contribution < 1.29 is 9.90 Å². The molecule has 3 heteroatoms. The lowest BCUT2D eigenvalue weighted by molar-refractivity contribution is 0.0929. The zero-order chi connectivity index (χ0) is 13.7. The van der Waals surface area contributed by atoms with Crippen LogP contribution in [0.3, 0.4) is 0 Å². The zero-order valence-corrected chi connectivity index (χ0v) is 11.6. The Morgan fingerprint density at radius 2 is 1.79 bits per heavy atom. The minimum absolute atomic E-state index is 0.0565. The van der Waals surface area contributed by atoms with Crippen molar-refractivity contribution in [3.05, 3.63) is 29.3 Å². The van der Waals surface area contributed by atoms with E-state index in [1.165, 1.54) is 32.1 Å². The number of aromatic hydroxyl groups is 1. The summed E-state index contributed by atoms with van der Waals surface area (Å²) in [7, 11) is 0. The maximum Gasteiger partial charge on any atom is 0.251 e. The first-order valence-corrected chi connectivity index (χ1v) is 7.28. The number of phenolic OH excluding ortho intramolecular Hbond substituents is 1. The van der Waals surface area contributed by atoms with Crippen molar-refractivity contribution in [2.75, 3.05) is 0 Å². The van der Waals surface area contributed by atoms with E-state index in [1.807, 2.05) is 0 Å². The van der Waals surface area contributed by atoms with Gasteiger partial charge in [-0.3, -0.25) is 4.79 Å². The number of hydrogen-bond donors (Lipinski definition) is 2. The van der Waals surface area contributed by atoms with Gasteiger partial charge in [-0.15, -0.1) is 0 Å². The van der Waals surface area contributed by atoms with Gasteiger partial charge in [0.05, 0.1) is 0 Å². The standard InChI is InChI=1S/C16H23NO2/c1-12-14(10-7-11-15(12)18)16(19)17-13-8-5-3-2-4-6-9-13/h7,10-11,13,18H,2-6,8-9H2,1H3,(H,17,19). The van der Waals surface area contributed by atoms with Gasteiger partial charge in [0.15, 0.2) is 0 Å². The van der Waals surface area contributed by atoms with Crippen molar-refractivity contribution >= 4 is 5.91 Å². The van der Waals surface area contributed by atoms with E-state index in [2.05, 4.69) is 5.32 Å². The number of hydrogen-bond acceptors (Lipinski definition) is 2. The maximum atomic E-state index is 12.3. The van der Waals surface area contributed by atoms with Crippen molar-refractivity contribution in [2.45, 2.75) is 57.9 Å². The van der Waals surface area contributed by atoms with Gasteiger partial charge in [0, 0.05) is 17.2 Å². The van der Waals surface area contributed by atoms with Crippen LogP contribution >= 0.6 is 0 Å². The molecule has 0 saturated heterocycles. The van der Waals surface area contributed by atoms with Crippen LogP contribution in [0.25, 0.3) is 0 Å². The second-order valence-electron chi connectivity index (χ2n) is 5.47. The molecule has 0 heterocycles. The van der Waals surface area contributed by atoms with Gasteiger partial charge in [-0.2, -0.15) is 0 Å². The molecule has 1 amide bonds. The molecular weight excluding hydrogens is 238 g/mol. The highest BCUT2D eigenvalue weighted by molar-refractivity contribution is 5.96. The van der Waals surface area contributed by atoms with E-state index in [0.29, 0.717) is 11.1 Å². The molecule has 0 bridgehead atoms. The Labute approximate surface area is 115 Å². The molecule has 2 N–H and O–H groups in total. The second-order valence-corrected chi connectivity index (χ2v) is 5.47. The highest BCUT2D eigenvalue weighted by atomic mass is 16.3. The van der Waals surface area contributed by atoms with Crippen LogP contribution in [0.15, 0.2) is 18.2 Å². The minimum Gasteiger partial charge on any atom is -0.508 e. The molecule has 0 aromatic heterocycles. The summed E-state index contributed by atoms with van der Waals surface area (Å²) in [5.41, 5.74) is 1.24. The number of rotatable bonds is 2. The Morgan fingerprint density at radius 3 is 2.47 bits per heavy atom. The lowest BCUT2D eigenvalue weighted by Crippen LogP contribution is -2.35. The molecule has 1 aromatic carbocycles. The van der Waals surface area contributed by atoms with Gasteiger partial charge in [-0.25, -0.2) is 0 Å². The average Bonchev–Trinajstić information content (AvgIpc) is 2.35. The molecule has 1 saturated carbocycles. The molecule has 0 radical (unpaired) electrons. The maximum absolute atomic E-state index is 12.3. The molecule has 1 aliphatic rings. The largest absolute Gasteiger partial charge is 0.508 e. The second kappa shape index (κ2) is 6.60. The first-order chi connectivity index (χ1) is 9.18. The average molecular weight is 261 g/mol. The highest BCUT2D eigenvalue weighted by Crippen LogP contribution is 2.21. The summed E-state index contributed by atoms with van der Waals surface area (Å²) in [6.45, 7) is 1.78. The summed E-state index contributed by atoms with van der Waals surface area (Å²) in [6.07, 6.45) is 8.42. The molecule has 104 valence electrons. The molecule has 3 nitrogen and oxygen atoms in total. The topological polar surface area (TPSA) is 49.3 Å². The molecule has 0 aliphatic heterocycles. The lowest BCUT2D eigenvalue weighted by atomic mass is 9.96. The third-order valence-electron chi connectivity index (χ3n) is 3.99. The van der Waals surface area contributed by atoms with Crippen LogP contribution in [0.1, 0.15) is 60.9 Å². The van der Waals surface area contributed by atoms with Gasteiger partial charge in [0.1, 0.15) is 5.75 Å². The molecule has 0 spiro atoms. The van der Waals surface area contributed by atoms with Gasteiger partial charge in [-0.05, 0) is 31.9 Å². The summed E-state index contributed by atoms with van der Waals surface area (Å²) in [4.78, 5) is 12.3. The molecular formula is C16H23NO2. The van der Waals surface area contributed by atoms with Crippen LogP contribution in [-0.2, 0) is 0 Å². The van der Waals surface area contributed by atoms with Crippen LogP contribution < -0.4 is 5.32 Å². The molecule has 19 heavy (non-hydrogen) atoms. The number of benzene rings is 1. The number of nitrogens with one attached hydrogen (secondary N) is 1. The molecule has 0 unspecified atom stereocenters. The summed E-state index contributed by atoms with van der Waals surface area (Å²) in [5.74, 6) is 0.129. The van der Waals surface area contributed by atoms with Crippen LogP contribution in [0.5, 0.6) is 5.75 Å². The van der Waals surface area contributed by atoms with Crippen LogP contribution in [0, 0.1) is 6.92 Å². The van der Waals surface area contributed by atoms with Crippen molar-refractivity contribution in [1.82, 2.24) is 5.32 Å². The fraction of sp³-hybridized carbons (Fsp3) is 0.562. The van der Waals surface area contributed by atoms with Crippen molar-refractivity contribution in [3.63, 3.8) is 0 Å². The Kier molecular flexibility index (Phi) is 4.83. The van der Waals surface area contributed by atoms with Crippen molar-refractivity contribution in [3.8, 4) is 5.75 Å². The predicted octanol–water partition coefficient (Wildman–Crippen LogP) is 3.54. The molecule has 1 fully saturated rings. The van der Waals surface area contributed by atoms with Crippen LogP contribution in [0.2, 0.25) is 0 Å². The van der Waals surface area contributed by atoms with E-state index in [-0.39, 0.29) is 17.7 Å².